The van der Waals surface area contributed by atoms with Gasteiger partial charge in [0.15, 0.2) is 0 Å². The van der Waals surface area contributed by atoms with Crippen molar-refractivity contribution in [3.8, 4) is 5.75 Å². The molecule has 0 aliphatic carbocycles. The fraction of sp³-hybridized carbons (Fsp3) is 0.167. The average Bonchev–Trinajstić information content (AvgIpc) is 2.55. The summed E-state index contributed by atoms with van der Waals surface area (Å²) in [7, 11) is 0. The lowest BCUT2D eigenvalue weighted by Crippen LogP contribution is -2.22. The zero-order valence-electron chi connectivity index (χ0n) is 12.8. The van der Waals surface area contributed by atoms with Crippen molar-refractivity contribution in [2.45, 2.75) is 17.1 Å². The van der Waals surface area contributed by atoms with Gasteiger partial charge in [0.25, 0.3) is 0 Å². The normalized spacial score (nSPS) is 11.6. The van der Waals surface area contributed by atoms with E-state index in [0.717, 1.165) is 4.90 Å². The number of hydrogen-bond donors (Lipinski definition) is 1. The molecular formula is C18H18ClNO2S. The molecule has 23 heavy (non-hydrogen) atoms. The molecule has 2 rings (SSSR count). The lowest BCUT2D eigenvalue weighted by atomic mass is 10.3. The second-order valence-electron chi connectivity index (χ2n) is 4.83. The van der Waals surface area contributed by atoms with E-state index in [0.29, 0.717) is 23.1 Å². The van der Waals surface area contributed by atoms with Gasteiger partial charge in [-0.1, -0.05) is 30.3 Å². The number of nitrogens with one attached hydrogen (secondary N) is 1. The van der Waals surface area contributed by atoms with Crippen molar-refractivity contribution < 1.29 is 9.53 Å². The fourth-order valence-electron chi connectivity index (χ4n) is 1.83. The van der Waals surface area contributed by atoms with Crippen LogP contribution in [0.5, 0.6) is 5.75 Å². The molecule has 120 valence electrons. The number of rotatable bonds is 7. The molecule has 2 aromatic carbocycles. The maximum absolute atomic E-state index is 12.3. The molecule has 0 aliphatic rings. The van der Waals surface area contributed by atoms with Crippen LogP contribution in [-0.2, 0) is 4.79 Å². The van der Waals surface area contributed by atoms with E-state index in [-0.39, 0.29) is 11.2 Å². The number of ether oxygens (including phenoxy) is 1. The molecule has 0 unspecified atom stereocenters. The quantitative estimate of drug-likeness (QED) is 0.564. The molecule has 0 bridgehead atoms. The molecule has 1 N–H and O–H groups in total. The van der Waals surface area contributed by atoms with Crippen LogP contribution in [0.2, 0.25) is 5.02 Å². The van der Waals surface area contributed by atoms with E-state index < -0.39 is 0 Å². The van der Waals surface area contributed by atoms with Gasteiger partial charge in [0.1, 0.15) is 12.4 Å². The van der Waals surface area contributed by atoms with E-state index in [4.69, 9.17) is 16.3 Å². The largest absolute Gasteiger partial charge is 0.489 e. The topological polar surface area (TPSA) is 38.3 Å². The highest BCUT2D eigenvalue weighted by Gasteiger charge is 2.14. The van der Waals surface area contributed by atoms with Gasteiger partial charge in [-0.15, -0.1) is 11.8 Å². The van der Waals surface area contributed by atoms with E-state index in [2.05, 4.69) is 11.9 Å². The van der Waals surface area contributed by atoms with Crippen molar-refractivity contribution in [3.05, 3.63) is 66.2 Å². The van der Waals surface area contributed by atoms with Gasteiger partial charge in [-0.3, -0.25) is 4.79 Å². The van der Waals surface area contributed by atoms with Gasteiger partial charge in [-0.05, 0) is 43.3 Å². The molecule has 0 aliphatic heterocycles. The van der Waals surface area contributed by atoms with Crippen LogP contribution >= 0.6 is 23.4 Å². The summed E-state index contributed by atoms with van der Waals surface area (Å²) in [4.78, 5) is 13.3. The van der Waals surface area contributed by atoms with Crippen LogP contribution in [0.25, 0.3) is 0 Å². The van der Waals surface area contributed by atoms with Crippen LogP contribution in [-0.4, -0.2) is 17.8 Å². The maximum atomic E-state index is 12.3. The van der Waals surface area contributed by atoms with Crippen molar-refractivity contribution in [1.82, 2.24) is 0 Å². The summed E-state index contributed by atoms with van der Waals surface area (Å²) >= 11 is 7.35. The number of anilines is 1. The Morgan fingerprint density at radius 3 is 2.78 bits per heavy atom. The predicted molar refractivity (Wildman–Crippen MR) is 97.5 cm³/mol. The first kappa shape index (κ1) is 17.4. The Balaban J connectivity index is 1.95. The van der Waals surface area contributed by atoms with Crippen LogP contribution in [0.4, 0.5) is 5.69 Å². The number of hydrogen-bond acceptors (Lipinski definition) is 3. The summed E-state index contributed by atoms with van der Waals surface area (Å²) in [5, 5.41) is 3.35. The second kappa shape index (κ2) is 8.65. The van der Waals surface area contributed by atoms with E-state index in [1.54, 1.807) is 12.1 Å². The third kappa shape index (κ3) is 5.66. The van der Waals surface area contributed by atoms with Crippen LogP contribution in [0.1, 0.15) is 6.92 Å². The predicted octanol–water partition coefficient (Wildman–Crippen LogP) is 5.02. The van der Waals surface area contributed by atoms with Crippen LogP contribution in [0.3, 0.4) is 0 Å². The van der Waals surface area contributed by atoms with Crippen molar-refractivity contribution in [2.24, 2.45) is 0 Å². The highest BCUT2D eigenvalue weighted by molar-refractivity contribution is 8.00. The summed E-state index contributed by atoms with van der Waals surface area (Å²) in [6, 6.07) is 14.7. The molecule has 0 aromatic heterocycles. The van der Waals surface area contributed by atoms with Gasteiger partial charge < -0.3 is 10.1 Å². The zero-order valence-corrected chi connectivity index (χ0v) is 14.4. The average molecular weight is 348 g/mol. The Hall–Kier alpha value is -1.91. The molecule has 0 fully saturated rings. The number of benzene rings is 2. The van der Waals surface area contributed by atoms with Crippen molar-refractivity contribution >= 4 is 35.0 Å². The van der Waals surface area contributed by atoms with Crippen molar-refractivity contribution in [3.63, 3.8) is 0 Å². The monoisotopic (exact) mass is 347 g/mol. The lowest BCUT2D eigenvalue weighted by molar-refractivity contribution is -0.115. The number of thioether (sulfide) groups is 1. The van der Waals surface area contributed by atoms with E-state index in [1.807, 2.05) is 49.4 Å². The van der Waals surface area contributed by atoms with Crippen LogP contribution in [0.15, 0.2) is 66.1 Å². The van der Waals surface area contributed by atoms with Crippen LogP contribution in [0, 0.1) is 0 Å². The Bertz CT molecular complexity index is 673. The molecule has 0 saturated heterocycles. The summed E-state index contributed by atoms with van der Waals surface area (Å²) in [6.45, 7) is 5.91. The molecular weight excluding hydrogens is 330 g/mol. The first-order chi connectivity index (χ1) is 11.1. The molecule has 3 nitrogen and oxygen atoms in total. The fourth-order valence-corrected chi connectivity index (χ4v) is 2.83. The SMILES string of the molecule is C=CCOc1cccc(NC(=O)[C@H](C)Sc2ccc(Cl)cc2)c1. The Morgan fingerprint density at radius 2 is 2.09 bits per heavy atom. The minimum absolute atomic E-state index is 0.0641. The molecule has 0 radical (unpaired) electrons. The highest BCUT2D eigenvalue weighted by atomic mass is 35.5. The van der Waals surface area contributed by atoms with Gasteiger partial charge in [-0.2, -0.15) is 0 Å². The zero-order chi connectivity index (χ0) is 16.7. The summed E-state index contributed by atoms with van der Waals surface area (Å²) in [5.41, 5.74) is 0.708. The Morgan fingerprint density at radius 1 is 1.35 bits per heavy atom. The van der Waals surface area contributed by atoms with Gasteiger partial charge in [0, 0.05) is 21.7 Å². The minimum atomic E-state index is -0.228. The number of amides is 1. The molecule has 0 spiro atoms. The van der Waals surface area contributed by atoms with Crippen LogP contribution < -0.4 is 10.1 Å². The van der Waals surface area contributed by atoms with Gasteiger partial charge in [0.2, 0.25) is 5.91 Å². The first-order valence-electron chi connectivity index (χ1n) is 7.15. The maximum Gasteiger partial charge on any atom is 0.237 e. The van der Waals surface area contributed by atoms with Gasteiger partial charge in [-0.25, -0.2) is 0 Å². The van der Waals surface area contributed by atoms with E-state index in [1.165, 1.54) is 11.8 Å². The van der Waals surface area contributed by atoms with Gasteiger partial charge >= 0.3 is 0 Å². The minimum Gasteiger partial charge on any atom is -0.489 e. The third-order valence-corrected chi connectivity index (χ3v) is 4.33. The standard InChI is InChI=1S/C18H18ClNO2S/c1-3-11-22-16-6-4-5-15(12-16)20-18(21)13(2)23-17-9-7-14(19)8-10-17/h3-10,12-13H,1,11H2,2H3,(H,20,21)/t13-/m0/s1. The molecule has 5 heteroatoms. The van der Waals surface area contributed by atoms with Crippen molar-refractivity contribution in [2.75, 3.05) is 11.9 Å². The Labute approximate surface area is 145 Å². The third-order valence-electron chi connectivity index (χ3n) is 2.97. The number of carbonyl (C=O) groups excluding carboxylic acids is 1. The van der Waals surface area contributed by atoms with E-state index in [9.17, 15) is 4.79 Å². The smallest absolute Gasteiger partial charge is 0.237 e. The number of halogens is 1. The summed E-state index contributed by atoms with van der Waals surface area (Å²) in [5.74, 6) is 0.631. The Kier molecular flexibility index (Phi) is 6.56. The first-order valence-corrected chi connectivity index (χ1v) is 8.41. The summed E-state index contributed by atoms with van der Waals surface area (Å²) < 4.78 is 5.46. The van der Waals surface area contributed by atoms with Gasteiger partial charge in [0.05, 0.1) is 5.25 Å². The molecule has 1 atom stereocenters. The molecule has 0 heterocycles. The second-order valence-corrected chi connectivity index (χ2v) is 6.68. The lowest BCUT2D eigenvalue weighted by Gasteiger charge is -2.13. The van der Waals surface area contributed by atoms with E-state index >= 15 is 0 Å². The number of carbonyl (C=O) groups is 1. The molecule has 0 saturated carbocycles. The molecule has 1 amide bonds. The molecule has 2 aromatic rings. The van der Waals surface area contributed by atoms with Crippen molar-refractivity contribution in [1.29, 1.82) is 0 Å². The highest BCUT2D eigenvalue weighted by Crippen LogP contribution is 2.26. The summed E-state index contributed by atoms with van der Waals surface area (Å²) in [6.07, 6.45) is 1.68.